The second kappa shape index (κ2) is 9.98. The van der Waals surface area contributed by atoms with Gasteiger partial charge < -0.3 is 17.3 Å². The van der Waals surface area contributed by atoms with E-state index in [2.05, 4.69) is 83.8 Å². The Morgan fingerprint density at radius 3 is 2.29 bits per heavy atom. The first-order valence-corrected chi connectivity index (χ1v) is 10.9. The summed E-state index contributed by atoms with van der Waals surface area (Å²) in [6.45, 7) is 0. The van der Waals surface area contributed by atoms with Gasteiger partial charge in [0.2, 0.25) is 0 Å². The maximum absolute atomic E-state index is 9.75. The molecule has 1 aliphatic heterocycles. The van der Waals surface area contributed by atoms with Gasteiger partial charge in [0, 0.05) is 0 Å². The van der Waals surface area contributed by atoms with Crippen LogP contribution in [-0.2, 0) is 4.74 Å². The van der Waals surface area contributed by atoms with Gasteiger partial charge in [0.1, 0.15) is 0 Å². The average molecular weight is 505 g/mol. The molecule has 1 aromatic rings. The molecule has 0 spiro atoms. The number of halogens is 4. The first-order valence-electron chi connectivity index (χ1n) is 8.42. The van der Waals surface area contributed by atoms with Crippen LogP contribution in [0.25, 0.3) is 6.08 Å². The zero-order valence-electron chi connectivity index (χ0n) is 15.7. The van der Waals surface area contributed by atoms with E-state index >= 15 is 0 Å². The zero-order chi connectivity index (χ0) is 20.7. The van der Waals surface area contributed by atoms with Crippen molar-refractivity contribution in [3.8, 4) is 0 Å². The van der Waals surface area contributed by atoms with E-state index in [9.17, 15) is 17.3 Å². The summed E-state index contributed by atoms with van der Waals surface area (Å²) in [5.41, 5.74) is 5.08. The minimum absolute atomic E-state index is 0.280. The van der Waals surface area contributed by atoms with Gasteiger partial charge in [-0.05, 0) is 0 Å². The van der Waals surface area contributed by atoms with Crippen LogP contribution in [0.3, 0.4) is 0 Å². The molecule has 1 unspecified atom stereocenters. The van der Waals surface area contributed by atoms with Crippen molar-refractivity contribution in [1.82, 2.24) is 0 Å². The molecule has 0 radical (unpaired) electrons. The van der Waals surface area contributed by atoms with Gasteiger partial charge in [-0.15, -0.1) is 0 Å². The smallest absolute Gasteiger partial charge is 0.418 e. The van der Waals surface area contributed by atoms with Gasteiger partial charge in [-0.2, -0.15) is 0 Å². The molecule has 1 aliphatic carbocycles. The third kappa shape index (κ3) is 7.20. The maximum Gasteiger partial charge on any atom is 0.673 e. The van der Waals surface area contributed by atoms with Crippen molar-refractivity contribution in [3.63, 3.8) is 0 Å². The number of allylic oxidation sites excluding steroid dienone is 7. The minimum Gasteiger partial charge on any atom is -0.418 e. The fraction of sp³-hybridized carbons (Fsp3) is 0.200. The van der Waals surface area contributed by atoms with Crippen LogP contribution in [0.15, 0.2) is 71.6 Å². The van der Waals surface area contributed by atoms with Crippen LogP contribution >= 0.6 is 0 Å². The van der Waals surface area contributed by atoms with Crippen LogP contribution in [0.4, 0.5) is 23.0 Å². The molecule has 3 rings (SSSR count). The van der Waals surface area contributed by atoms with Crippen LogP contribution in [0.5, 0.6) is 0 Å². The predicted molar refractivity (Wildman–Crippen MR) is 109 cm³/mol. The van der Waals surface area contributed by atoms with Gasteiger partial charge in [0.15, 0.2) is 0 Å². The number of fused-ring (bicyclic) bond motifs is 1. The summed E-state index contributed by atoms with van der Waals surface area (Å²) >= 11 is -0.280. The molecule has 2 aliphatic rings. The van der Waals surface area contributed by atoms with Crippen LogP contribution in [0.1, 0.15) is 5.56 Å². The number of hydrogen-bond acceptors (Lipinski definition) is 2. The second-order valence-corrected chi connectivity index (χ2v) is 8.93. The van der Waals surface area contributed by atoms with E-state index in [4.69, 9.17) is 4.74 Å². The van der Waals surface area contributed by atoms with Crippen LogP contribution in [0, 0.1) is 4.12 Å². The van der Waals surface area contributed by atoms with Crippen molar-refractivity contribution in [2.45, 2.75) is 3.97 Å². The molecule has 8 heteroatoms. The molecule has 0 amide bonds. The van der Waals surface area contributed by atoms with Crippen LogP contribution < -0.4 is 4.90 Å². The van der Waals surface area contributed by atoms with E-state index in [0.29, 0.717) is 3.97 Å². The normalized spacial score (nSPS) is 18.1. The Balaban J connectivity index is 0.000000500. The summed E-state index contributed by atoms with van der Waals surface area (Å²) in [4.78, 5) is 2.11. The number of hydrogen-bond donors (Lipinski definition) is 0. The van der Waals surface area contributed by atoms with Gasteiger partial charge in [0.05, 0.1) is 0 Å². The van der Waals surface area contributed by atoms with E-state index in [-0.39, 0.29) is 20.9 Å². The van der Waals surface area contributed by atoms with Gasteiger partial charge >= 0.3 is 156 Å². The summed E-state index contributed by atoms with van der Waals surface area (Å²) in [6.07, 6.45) is 13.0. The molecule has 148 valence electrons. The van der Waals surface area contributed by atoms with E-state index in [1.54, 1.807) is 7.11 Å². The Kier molecular flexibility index (Phi) is 7.94. The Labute approximate surface area is 173 Å². The number of anilines is 1. The largest absolute Gasteiger partial charge is 0.673 e. The average Bonchev–Trinajstić information content (AvgIpc) is 2.64. The molecule has 0 saturated carbocycles. The number of methoxy groups -OCH3 is 1. The summed E-state index contributed by atoms with van der Waals surface area (Å²) in [7, 11) is -0.159. The Hall–Kier alpha value is -2.00. The number of ether oxygens (including phenoxy) is 1. The molecule has 0 saturated heterocycles. The number of benzene rings is 1. The molecular weight excluding hydrogens is 485 g/mol. The van der Waals surface area contributed by atoms with Crippen molar-refractivity contribution in [2.75, 3.05) is 26.1 Å². The van der Waals surface area contributed by atoms with Crippen molar-refractivity contribution in [2.24, 2.45) is 0 Å². The first-order chi connectivity index (χ1) is 13.2. The van der Waals surface area contributed by atoms with E-state index in [1.807, 2.05) is 0 Å². The molecule has 0 fully saturated rings. The van der Waals surface area contributed by atoms with Crippen molar-refractivity contribution in [1.29, 1.82) is 0 Å². The van der Waals surface area contributed by atoms with Crippen molar-refractivity contribution >= 4 is 39.9 Å². The summed E-state index contributed by atoms with van der Waals surface area (Å²) < 4.78 is 48.3. The van der Waals surface area contributed by atoms with Gasteiger partial charge in [-0.3, -0.25) is 0 Å². The Bertz CT molecular complexity index is 818. The molecular formula is C20H20BF4NOTe. The molecule has 1 heterocycles. The van der Waals surface area contributed by atoms with Gasteiger partial charge in [0.25, 0.3) is 0 Å². The van der Waals surface area contributed by atoms with Crippen LogP contribution in [-0.4, -0.2) is 49.4 Å². The molecule has 1 atom stereocenters. The van der Waals surface area contributed by atoms with E-state index < -0.39 is 7.25 Å². The monoisotopic (exact) mass is 507 g/mol. The fourth-order valence-electron chi connectivity index (χ4n) is 2.52. The van der Waals surface area contributed by atoms with Gasteiger partial charge in [-0.25, -0.2) is 0 Å². The molecule has 28 heavy (non-hydrogen) atoms. The molecule has 0 bridgehead atoms. The minimum atomic E-state index is -6.00. The summed E-state index contributed by atoms with van der Waals surface area (Å²) in [5, 5.41) is 0. The predicted octanol–water partition coefficient (Wildman–Crippen LogP) is 5.29. The standard InChI is InChI=1S/C20H20NOTe.BF4/c1-21(2)17-8-5-15(6-9-17)4-7-16-12-13-23-20-14-18(22-3)10-11-19(16)20;2-1(3,4)5/h4-12,14,20H,1-3H3;/q+1;-1. The molecule has 2 nitrogen and oxygen atoms in total. The summed E-state index contributed by atoms with van der Waals surface area (Å²) in [5.74, 6) is 0.968. The Morgan fingerprint density at radius 1 is 1.07 bits per heavy atom. The Morgan fingerprint density at radius 2 is 1.71 bits per heavy atom. The SMILES string of the molecule is COC1=CC2[Te][C+]=CC(C=Cc3ccc(N(C)C)cc3)=C2C=C1.F[B-](F)(F)F. The summed E-state index contributed by atoms with van der Waals surface area (Å²) in [6, 6.07) is 8.59. The molecule has 0 N–H and O–H groups in total. The fourth-order valence-corrected chi connectivity index (χ4v) is 5.05. The van der Waals surface area contributed by atoms with Crippen molar-refractivity contribution < 1.29 is 22.0 Å². The number of nitrogens with zero attached hydrogens (tertiary/aromatic N) is 1. The number of rotatable bonds is 4. The zero-order valence-corrected chi connectivity index (χ0v) is 18.0. The third-order valence-electron chi connectivity index (χ3n) is 3.89. The van der Waals surface area contributed by atoms with Gasteiger partial charge in [-0.1, -0.05) is 0 Å². The third-order valence-corrected chi connectivity index (χ3v) is 6.46. The molecule has 0 aromatic heterocycles. The maximum atomic E-state index is 9.75. The quantitative estimate of drug-likeness (QED) is 0.314. The second-order valence-electron chi connectivity index (χ2n) is 6.13. The van der Waals surface area contributed by atoms with Crippen LogP contribution in [0.2, 0.25) is 3.97 Å². The van der Waals surface area contributed by atoms with E-state index in [0.717, 1.165) is 5.76 Å². The molecule has 1 aromatic carbocycles. The first kappa shape index (κ1) is 22.3. The van der Waals surface area contributed by atoms with Crippen molar-refractivity contribution in [3.05, 3.63) is 81.2 Å². The van der Waals surface area contributed by atoms with E-state index in [1.165, 1.54) is 22.4 Å². The topological polar surface area (TPSA) is 12.5 Å².